The molecule has 3 heteroatoms. The zero-order chi connectivity index (χ0) is 13.0. The maximum Gasteiger partial charge on any atom is 0.146 e. The van der Waals surface area contributed by atoms with E-state index in [2.05, 4.69) is 24.1 Å². The van der Waals surface area contributed by atoms with Crippen LogP contribution in [-0.4, -0.2) is 11.5 Å². The molecule has 3 unspecified atom stereocenters. The van der Waals surface area contributed by atoms with Gasteiger partial charge in [-0.05, 0) is 37.3 Å². The molecule has 1 heterocycles. The summed E-state index contributed by atoms with van der Waals surface area (Å²) in [5, 5.41) is 3.53. The van der Waals surface area contributed by atoms with Crippen LogP contribution in [0.15, 0.2) is 18.5 Å². The van der Waals surface area contributed by atoms with Crippen molar-refractivity contribution in [3.8, 4) is 0 Å². The highest BCUT2D eigenvalue weighted by Gasteiger charge is 2.32. The predicted octanol–water partition coefficient (Wildman–Crippen LogP) is 3.70. The molecule has 2 rings (SSSR count). The van der Waals surface area contributed by atoms with E-state index in [4.69, 9.17) is 0 Å². The Balaban J connectivity index is 2.21. The van der Waals surface area contributed by atoms with E-state index in [1.807, 2.05) is 6.07 Å². The second-order valence-electron chi connectivity index (χ2n) is 5.40. The first-order valence-electron chi connectivity index (χ1n) is 7.06. The lowest BCUT2D eigenvalue weighted by Crippen LogP contribution is -2.31. The largest absolute Gasteiger partial charge is 0.310 e. The topological polar surface area (TPSA) is 24.9 Å². The van der Waals surface area contributed by atoms with Gasteiger partial charge in [0.05, 0.1) is 6.20 Å². The fraction of sp³-hybridized carbons (Fsp3) is 0.667. The molecule has 0 bridgehead atoms. The molecule has 0 aromatic carbocycles. The summed E-state index contributed by atoms with van der Waals surface area (Å²) in [6, 6.07) is 1.97. The number of hydrogen-bond acceptors (Lipinski definition) is 2. The summed E-state index contributed by atoms with van der Waals surface area (Å²) in [6.07, 6.45) is 7.83. The Kier molecular flexibility index (Phi) is 4.70. The van der Waals surface area contributed by atoms with Crippen molar-refractivity contribution in [2.24, 2.45) is 11.8 Å². The van der Waals surface area contributed by atoms with Gasteiger partial charge in [0.1, 0.15) is 5.82 Å². The van der Waals surface area contributed by atoms with Gasteiger partial charge in [0.2, 0.25) is 0 Å². The minimum Gasteiger partial charge on any atom is -0.310 e. The van der Waals surface area contributed by atoms with Crippen LogP contribution in [0.25, 0.3) is 0 Å². The van der Waals surface area contributed by atoms with Gasteiger partial charge in [0.15, 0.2) is 0 Å². The van der Waals surface area contributed by atoms with Crippen molar-refractivity contribution in [2.45, 2.75) is 45.6 Å². The van der Waals surface area contributed by atoms with Gasteiger partial charge in [-0.15, -0.1) is 0 Å². The normalized spacial score (nSPS) is 25.3. The van der Waals surface area contributed by atoms with Crippen molar-refractivity contribution in [1.82, 2.24) is 10.3 Å². The predicted molar refractivity (Wildman–Crippen MR) is 71.7 cm³/mol. The van der Waals surface area contributed by atoms with Gasteiger partial charge in [-0.3, -0.25) is 4.98 Å². The van der Waals surface area contributed by atoms with E-state index in [0.717, 1.165) is 18.5 Å². The zero-order valence-electron chi connectivity index (χ0n) is 11.3. The van der Waals surface area contributed by atoms with Crippen LogP contribution >= 0.6 is 0 Å². The highest BCUT2D eigenvalue weighted by atomic mass is 19.1. The minimum atomic E-state index is -0.176. The Morgan fingerprint density at radius 2 is 2.33 bits per heavy atom. The summed E-state index contributed by atoms with van der Waals surface area (Å²) >= 11 is 0. The lowest BCUT2D eigenvalue weighted by atomic mass is 9.86. The van der Waals surface area contributed by atoms with E-state index in [1.165, 1.54) is 25.5 Å². The van der Waals surface area contributed by atoms with Crippen LogP contribution in [0.3, 0.4) is 0 Å². The van der Waals surface area contributed by atoms with Crippen LogP contribution in [-0.2, 0) is 0 Å². The summed E-state index contributed by atoms with van der Waals surface area (Å²) in [5.41, 5.74) is 0.789. The highest BCUT2D eigenvalue weighted by molar-refractivity contribution is 5.19. The second-order valence-corrected chi connectivity index (χ2v) is 5.40. The fourth-order valence-corrected chi connectivity index (χ4v) is 3.10. The van der Waals surface area contributed by atoms with E-state index in [9.17, 15) is 4.39 Å². The van der Waals surface area contributed by atoms with Crippen molar-refractivity contribution in [3.63, 3.8) is 0 Å². The van der Waals surface area contributed by atoms with Gasteiger partial charge < -0.3 is 5.32 Å². The van der Waals surface area contributed by atoms with Gasteiger partial charge in [0.25, 0.3) is 0 Å². The summed E-state index contributed by atoms with van der Waals surface area (Å²) in [7, 11) is 0. The number of nitrogens with one attached hydrogen (secondary N) is 1. The number of rotatable bonds is 5. The van der Waals surface area contributed by atoms with E-state index in [-0.39, 0.29) is 11.9 Å². The smallest absolute Gasteiger partial charge is 0.146 e. The molecule has 0 aliphatic heterocycles. The lowest BCUT2D eigenvalue weighted by molar-refractivity contribution is 0.295. The quantitative estimate of drug-likeness (QED) is 0.862. The van der Waals surface area contributed by atoms with Crippen LogP contribution < -0.4 is 5.32 Å². The average Bonchev–Trinajstić information content (AvgIpc) is 2.78. The van der Waals surface area contributed by atoms with Crippen LogP contribution in [0.4, 0.5) is 4.39 Å². The molecular formula is C15H23FN2. The van der Waals surface area contributed by atoms with E-state index in [1.54, 1.807) is 6.20 Å². The molecule has 1 saturated carbocycles. The number of halogens is 1. The molecule has 18 heavy (non-hydrogen) atoms. The summed E-state index contributed by atoms with van der Waals surface area (Å²) < 4.78 is 13.9. The molecule has 3 atom stereocenters. The number of nitrogens with zero attached hydrogens (tertiary/aromatic N) is 1. The van der Waals surface area contributed by atoms with Crippen LogP contribution in [0, 0.1) is 17.7 Å². The van der Waals surface area contributed by atoms with E-state index >= 15 is 0 Å². The Labute approximate surface area is 109 Å². The number of pyridine rings is 1. The second kappa shape index (κ2) is 6.28. The molecule has 1 aromatic rings. The molecule has 1 N–H and O–H groups in total. The molecule has 0 saturated heterocycles. The standard InChI is InChI=1S/C15H23FN2/c1-3-8-18-15(12-6-4-5-11(12)2)13-7-9-17-10-14(13)16/h7,9-12,15,18H,3-6,8H2,1-2H3. The van der Waals surface area contributed by atoms with Gasteiger partial charge in [0, 0.05) is 17.8 Å². The third kappa shape index (κ3) is 2.89. The van der Waals surface area contributed by atoms with E-state index < -0.39 is 0 Å². The number of hydrogen-bond donors (Lipinski definition) is 1. The monoisotopic (exact) mass is 250 g/mol. The Morgan fingerprint density at radius 1 is 1.50 bits per heavy atom. The first-order chi connectivity index (χ1) is 8.74. The van der Waals surface area contributed by atoms with Crippen molar-refractivity contribution in [1.29, 1.82) is 0 Å². The average molecular weight is 250 g/mol. The van der Waals surface area contributed by atoms with Crippen molar-refractivity contribution < 1.29 is 4.39 Å². The molecule has 0 spiro atoms. The molecule has 0 radical (unpaired) electrons. The van der Waals surface area contributed by atoms with E-state index in [0.29, 0.717) is 11.8 Å². The summed E-state index contributed by atoms with van der Waals surface area (Å²) in [6.45, 7) is 5.37. The lowest BCUT2D eigenvalue weighted by Gasteiger charge is -2.28. The molecule has 1 aromatic heterocycles. The molecule has 1 fully saturated rings. The first-order valence-corrected chi connectivity index (χ1v) is 7.06. The van der Waals surface area contributed by atoms with Crippen LogP contribution in [0.5, 0.6) is 0 Å². The van der Waals surface area contributed by atoms with Crippen molar-refractivity contribution >= 4 is 0 Å². The highest BCUT2D eigenvalue weighted by Crippen LogP contribution is 2.40. The van der Waals surface area contributed by atoms with Crippen molar-refractivity contribution in [2.75, 3.05) is 6.54 Å². The van der Waals surface area contributed by atoms with Crippen molar-refractivity contribution in [3.05, 3.63) is 29.8 Å². The summed E-state index contributed by atoms with van der Waals surface area (Å²) in [5.74, 6) is 1.05. The zero-order valence-corrected chi connectivity index (χ0v) is 11.3. The third-order valence-electron chi connectivity index (χ3n) is 4.11. The molecular weight excluding hydrogens is 227 g/mol. The van der Waals surface area contributed by atoms with Crippen LogP contribution in [0.1, 0.15) is 51.1 Å². The Hall–Kier alpha value is -0.960. The molecule has 0 amide bonds. The third-order valence-corrected chi connectivity index (χ3v) is 4.11. The minimum absolute atomic E-state index is 0.144. The van der Waals surface area contributed by atoms with Gasteiger partial charge in [-0.1, -0.05) is 26.7 Å². The molecule has 1 aliphatic carbocycles. The van der Waals surface area contributed by atoms with Gasteiger partial charge in [-0.2, -0.15) is 0 Å². The number of aromatic nitrogens is 1. The SMILES string of the molecule is CCCNC(c1ccncc1F)C1CCCC1C. The molecule has 2 nitrogen and oxygen atoms in total. The fourth-order valence-electron chi connectivity index (χ4n) is 3.10. The maximum atomic E-state index is 13.9. The Morgan fingerprint density at radius 3 is 2.94 bits per heavy atom. The molecule has 1 aliphatic rings. The van der Waals surface area contributed by atoms with Crippen LogP contribution in [0.2, 0.25) is 0 Å². The first kappa shape index (κ1) is 13.5. The molecule has 100 valence electrons. The van der Waals surface area contributed by atoms with Gasteiger partial charge in [-0.25, -0.2) is 4.39 Å². The van der Waals surface area contributed by atoms with Gasteiger partial charge >= 0.3 is 0 Å². The maximum absolute atomic E-state index is 13.9. The summed E-state index contributed by atoms with van der Waals surface area (Å²) in [4.78, 5) is 3.85. The Bertz CT molecular complexity index is 381.